The first-order chi connectivity index (χ1) is 13.5. The topological polar surface area (TPSA) is 98.1 Å². The highest BCUT2D eigenvalue weighted by Gasteiger charge is 2.34. The molecule has 1 aromatic heterocycles. The highest BCUT2D eigenvalue weighted by atomic mass is 16.5. The summed E-state index contributed by atoms with van der Waals surface area (Å²) >= 11 is 0. The summed E-state index contributed by atoms with van der Waals surface area (Å²) in [6.07, 6.45) is 4.98. The van der Waals surface area contributed by atoms with Gasteiger partial charge in [0.1, 0.15) is 17.2 Å². The molecule has 1 aromatic carbocycles. The van der Waals surface area contributed by atoms with Gasteiger partial charge in [0.25, 0.3) is 5.91 Å². The summed E-state index contributed by atoms with van der Waals surface area (Å²) in [4.78, 5) is 36.9. The zero-order valence-electron chi connectivity index (χ0n) is 15.3. The normalized spacial score (nSPS) is 15.4. The fourth-order valence-electron chi connectivity index (χ4n) is 2.53. The largest absolute Gasteiger partial charge is 0.497 e. The minimum Gasteiger partial charge on any atom is -0.497 e. The number of ether oxygens (including phenoxy) is 2. The Morgan fingerprint density at radius 1 is 1.14 bits per heavy atom. The third kappa shape index (κ3) is 4.12. The second kappa shape index (κ2) is 8.26. The summed E-state index contributed by atoms with van der Waals surface area (Å²) in [6, 6.07) is 9.75. The summed E-state index contributed by atoms with van der Waals surface area (Å²) < 4.78 is 14.9. The molecule has 1 aliphatic rings. The Balaban J connectivity index is 1.66. The maximum atomic E-state index is 12.4. The van der Waals surface area contributed by atoms with Crippen molar-refractivity contribution >= 4 is 24.0 Å². The number of imide groups is 1. The van der Waals surface area contributed by atoms with Crippen LogP contribution in [0.25, 0.3) is 6.08 Å². The number of carbonyl (C=O) groups is 3. The van der Waals surface area contributed by atoms with E-state index in [2.05, 4.69) is 10.1 Å². The molecule has 3 amide bonds. The molecule has 0 radical (unpaired) electrons. The number of esters is 1. The van der Waals surface area contributed by atoms with Gasteiger partial charge in [-0.1, -0.05) is 24.3 Å². The van der Waals surface area contributed by atoms with Crippen molar-refractivity contribution in [3.63, 3.8) is 0 Å². The molecule has 1 N–H and O–H groups in total. The minimum atomic E-state index is -0.632. The van der Waals surface area contributed by atoms with E-state index < -0.39 is 17.9 Å². The lowest BCUT2D eigenvalue weighted by atomic mass is 10.2. The molecular weight excluding hydrogens is 364 g/mol. The smallest absolute Gasteiger partial charge is 0.373 e. The molecule has 0 unspecified atom stereocenters. The number of methoxy groups -OCH3 is 2. The van der Waals surface area contributed by atoms with Crippen LogP contribution in [0, 0.1) is 0 Å². The zero-order valence-corrected chi connectivity index (χ0v) is 15.3. The average Bonchev–Trinajstić information content (AvgIpc) is 3.28. The number of hydrogen-bond donors (Lipinski definition) is 1. The van der Waals surface area contributed by atoms with Crippen molar-refractivity contribution < 1.29 is 28.3 Å². The number of nitrogens with one attached hydrogen (secondary N) is 1. The number of nitrogens with zero attached hydrogens (tertiary/aromatic N) is 1. The lowest BCUT2D eigenvalue weighted by Gasteiger charge is -2.09. The van der Waals surface area contributed by atoms with Crippen molar-refractivity contribution in [2.24, 2.45) is 0 Å². The number of hydrogen-bond acceptors (Lipinski definition) is 6. The number of carbonyl (C=O) groups excluding carboxylic acids is 3. The molecule has 0 saturated carbocycles. The van der Waals surface area contributed by atoms with Crippen LogP contribution in [0.4, 0.5) is 4.79 Å². The number of amides is 3. The van der Waals surface area contributed by atoms with Gasteiger partial charge in [0.2, 0.25) is 5.76 Å². The standard InChI is InChI=1S/C20H18N2O6/c1-26-14-8-6-13(7-9-14)4-3-5-16-18(23)22(20(25)21-16)12-15-10-11-17(28-15)19(24)27-2/h3-11H,12H2,1-2H3,(H,21,25). The maximum absolute atomic E-state index is 12.4. The van der Waals surface area contributed by atoms with Gasteiger partial charge in [0, 0.05) is 0 Å². The summed E-state index contributed by atoms with van der Waals surface area (Å²) in [5.41, 5.74) is 1.06. The molecule has 0 atom stereocenters. The van der Waals surface area contributed by atoms with E-state index in [0.29, 0.717) is 5.76 Å². The van der Waals surface area contributed by atoms with Gasteiger partial charge in [0.15, 0.2) is 0 Å². The Kier molecular flexibility index (Phi) is 5.59. The number of allylic oxidation sites excluding steroid dienone is 2. The lowest BCUT2D eigenvalue weighted by Crippen LogP contribution is -2.30. The Labute approximate surface area is 161 Å². The Morgan fingerprint density at radius 2 is 1.89 bits per heavy atom. The van der Waals surface area contributed by atoms with Gasteiger partial charge in [-0.05, 0) is 35.9 Å². The first kappa shape index (κ1) is 19.0. The monoisotopic (exact) mass is 382 g/mol. The summed E-state index contributed by atoms with van der Waals surface area (Å²) in [6.45, 7) is -0.0960. The molecule has 0 bridgehead atoms. The second-order valence-corrected chi connectivity index (χ2v) is 5.79. The van der Waals surface area contributed by atoms with Crippen molar-refractivity contribution in [2.75, 3.05) is 14.2 Å². The van der Waals surface area contributed by atoms with Crippen LogP contribution in [-0.2, 0) is 16.1 Å². The van der Waals surface area contributed by atoms with E-state index in [1.165, 1.54) is 25.3 Å². The molecule has 2 aromatic rings. The first-order valence-electron chi connectivity index (χ1n) is 8.34. The van der Waals surface area contributed by atoms with Gasteiger partial charge in [-0.25, -0.2) is 9.59 Å². The molecular formula is C20H18N2O6. The Hall–Kier alpha value is -3.81. The van der Waals surface area contributed by atoms with Gasteiger partial charge in [-0.2, -0.15) is 0 Å². The van der Waals surface area contributed by atoms with Gasteiger partial charge in [0.05, 0.1) is 20.8 Å². The van der Waals surface area contributed by atoms with Crippen LogP contribution < -0.4 is 10.1 Å². The molecule has 1 aliphatic heterocycles. The van der Waals surface area contributed by atoms with Gasteiger partial charge < -0.3 is 19.2 Å². The van der Waals surface area contributed by atoms with Crippen LogP contribution in [0.15, 0.2) is 58.7 Å². The quantitative estimate of drug-likeness (QED) is 0.469. The molecule has 8 heteroatoms. The van der Waals surface area contributed by atoms with Crippen LogP contribution in [0.5, 0.6) is 5.75 Å². The predicted octanol–water partition coefficient (Wildman–Crippen LogP) is 2.72. The number of benzene rings is 1. The molecule has 1 fully saturated rings. The van der Waals surface area contributed by atoms with E-state index in [4.69, 9.17) is 9.15 Å². The molecule has 144 valence electrons. The van der Waals surface area contributed by atoms with Crippen molar-refractivity contribution in [1.82, 2.24) is 10.2 Å². The van der Waals surface area contributed by atoms with Crippen LogP contribution in [0.3, 0.4) is 0 Å². The van der Waals surface area contributed by atoms with Gasteiger partial charge in [-0.3, -0.25) is 9.69 Å². The Bertz CT molecular complexity index is 955. The SMILES string of the molecule is COC(=O)c1ccc(CN2C(=O)NC(=CC=Cc3ccc(OC)cc3)C2=O)o1. The van der Waals surface area contributed by atoms with E-state index in [-0.39, 0.29) is 18.0 Å². The molecule has 0 aliphatic carbocycles. The lowest BCUT2D eigenvalue weighted by molar-refractivity contribution is -0.123. The van der Waals surface area contributed by atoms with Gasteiger partial charge >= 0.3 is 12.0 Å². The Morgan fingerprint density at radius 3 is 2.57 bits per heavy atom. The van der Waals surface area contributed by atoms with Crippen molar-refractivity contribution in [3.8, 4) is 5.75 Å². The van der Waals surface area contributed by atoms with E-state index in [1.54, 1.807) is 19.3 Å². The summed E-state index contributed by atoms with van der Waals surface area (Å²) in [7, 11) is 2.83. The van der Waals surface area contributed by atoms with Crippen LogP contribution >= 0.6 is 0 Å². The minimum absolute atomic E-state index is 0.00254. The predicted molar refractivity (Wildman–Crippen MR) is 99.2 cm³/mol. The van der Waals surface area contributed by atoms with E-state index >= 15 is 0 Å². The molecule has 8 nitrogen and oxygen atoms in total. The fourth-order valence-corrected chi connectivity index (χ4v) is 2.53. The summed E-state index contributed by atoms with van der Waals surface area (Å²) in [5, 5.41) is 2.51. The third-order valence-electron chi connectivity index (χ3n) is 3.99. The molecule has 0 spiro atoms. The third-order valence-corrected chi connectivity index (χ3v) is 3.99. The summed E-state index contributed by atoms with van der Waals surface area (Å²) in [5.74, 6) is -0.0764. The fraction of sp³-hybridized carbons (Fsp3) is 0.150. The molecule has 2 heterocycles. The number of rotatable bonds is 6. The highest BCUT2D eigenvalue weighted by molar-refractivity contribution is 6.11. The highest BCUT2D eigenvalue weighted by Crippen LogP contribution is 2.17. The number of furan rings is 1. The molecule has 28 heavy (non-hydrogen) atoms. The zero-order chi connectivity index (χ0) is 20.1. The van der Waals surface area contributed by atoms with Crippen LogP contribution in [0.1, 0.15) is 21.9 Å². The second-order valence-electron chi connectivity index (χ2n) is 5.79. The first-order valence-corrected chi connectivity index (χ1v) is 8.34. The average molecular weight is 382 g/mol. The van der Waals surface area contributed by atoms with Crippen molar-refractivity contribution in [1.29, 1.82) is 0 Å². The van der Waals surface area contributed by atoms with E-state index in [0.717, 1.165) is 16.2 Å². The van der Waals surface area contributed by atoms with Crippen molar-refractivity contribution in [3.05, 3.63) is 71.3 Å². The molecule has 3 rings (SSSR count). The van der Waals surface area contributed by atoms with Gasteiger partial charge in [-0.15, -0.1) is 0 Å². The van der Waals surface area contributed by atoms with E-state index in [1.807, 2.05) is 24.3 Å². The van der Waals surface area contributed by atoms with Crippen LogP contribution in [-0.4, -0.2) is 37.0 Å². The molecule has 1 saturated heterocycles. The van der Waals surface area contributed by atoms with Crippen LogP contribution in [0.2, 0.25) is 0 Å². The maximum Gasteiger partial charge on any atom is 0.373 e. The van der Waals surface area contributed by atoms with E-state index in [9.17, 15) is 14.4 Å². The van der Waals surface area contributed by atoms with Crippen molar-refractivity contribution in [2.45, 2.75) is 6.54 Å². The number of urea groups is 1.